The zero-order valence-corrected chi connectivity index (χ0v) is 10.8. The zero-order valence-electron chi connectivity index (χ0n) is 10.8. The van der Waals surface area contributed by atoms with E-state index in [-0.39, 0.29) is 0 Å². The fourth-order valence-corrected chi connectivity index (χ4v) is 2.34. The van der Waals surface area contributed by atoms with Crippen LogP contribution in [0.3, 0.4) is 0 Å². The maximum Gasteiger partial charge on any atom is 0.225 e. The van der Waals surface area contributed by atoms with Crippen LogP contribution in [0.2, 0.25) is 0 Å². The number of piperazine rings is 1. The summed E-state index contributed by atoms with van der Waals surface area (Å²) in [6.45, 7) is 2.73. The molecule has 0 saturated carbocycles. The lowest BCUT2D eigenvalue weighted by Gasteiger charge is -2.36. The highest BCUT2D eigenvalue weighted by molar-refractivity contribution is 5.49. The molecule has 104 valence electrons. The number of rotatable bonds is 2. The number of aromatic nitrogens is 2. The van der Waals surface area contributed by atoms with Gasteiger partial charge in [-0.05, 0) is 18.2 Å². The maximum atomic E-state index is 13.7. The fourth-order valence-electron chi connectivity index (χ4n) is 2.34. The van der Waals surface area contributed by atoms with Crippen molar-refractivity contribution in [2.75, 3.05) is 36.0 Å². The molecule has 0 unspecified atom stereocenters. The summed E-state index contributed by atoms with van der Waals surface area (Å²) in [7, 11) is 0. The largest absolute Gasteiger partial charge is 0.366 e. The first-order valence-electron chi connectivity index (χ1n) is 6.46. The SMILES string of the molecule is Fc1ccc(N2CCN(c3ncccn3)CC2)c(F)c1. The van der Waals surface area contributed by atoms with Crippen LogP contribution in [0.1, 0.15) is 0 Å². The number of anilines is 2. The molecule has 0 spiro atoms. The Labute approximate surface area is 115 Å². The van der Waals surface area contributed by atoms with E-state index < -0.39 is 11.6 Å². The van der Waals surface area contributed by atoms with Gasteiger partial charge in [0, 0.05) is 44.6 Å². The first-order chi connectivity index (χ1) is 9.74. The Bertz CT molecular complexity index is 583. The van der Waals surface area contributed by atoms with Gasteiger partial charge in [-0.25, -0.2) is 18.7 Å². The van der Waals surface area contributed by atoms with Crippen molar-refractivity contribution in [2.24, 2.45) is 0 Å². The lowest BCUT2D eigenvalue weighted by Crippen LogP contribution is -2.47. The molecule has 4 nitrogen and oxygen atoms in total. The third-order valence-corrected chi connectivity index (χ3v) is 3.37. The monoisotopic (exact) mass is 276 g/mol. The van der Waals surface area contributed by atoms with Gasteiger partial charge < -0.3 is 9.80 Å². The van der Waals surface area contributed by atoms with Crippen LogP contribution < -0.4 is 9.80 Å². The maximum absolute atomic E-state index is 13.7. The molecule has 0 N–H and O–H groups in total. The van der Waals surface area contributed by atoms with Crippen LogP contribution in [-0.4, -0.2) is 36.1 Å². The first-order valence-corrected chi connectivity index (χ1v) is 6.46. The van der Waals surface area contributed by atoms with Crippen molar-refractivity contribution in [3.8, 4) is 0 Å². The molecule has 0 amide bonds. The second-order valence-corrected chi connectivity index (χ2v) is 4.62. The topological polar surface area (TPSA) is 32.3 Å². The summed E-state index contributed by atoms with van der Waals surface area (Å²) in [6, 6.07) is 5.46. The first kappa shape index (κ1) is 12.8. The van der Waals surface area contributed by atoms with Gasteiger partial charge in [-0.2, -0.15) is 0 Å². The van der Waals surface area contributed by atoms with Crippen molar-refractivity contribution < 1.29 is 8.78 Å². The van der Waals surface area contributed by atoms with E-state index in [9.17, 15) is 8.78 Å². The Morgan fingerprint density at radius 3 is 2.20 bits per heavy atom. The second-order valence-electron chi connectivity index (χ2n) is 4.62. The van der Waals surface area contributed by atoms with Crippen LogP contribution >= 0.6 is 0 Å². The highest BCUT2D eigenvalue weighted by Gasteiger charge is 2.21. The molecular formula is C14H14F2N4. The summed E-state index contributed by atoms with van der Waals surface area (Å²) in [4.78, 5) is 12.4. The minimum Gasteiger partial charge on any atom is -0.366 e. The molecule has 0 atom stereocenters. The lowest BCUT2D eigenvalue weighted by atomic mass is 10.2. The van der Waals surface area contributed by atoms with Crippen molar-refractivity contribution in [3.63, 3.8) is 0 Å². The quantitative estimate of drug-likeness (QED) is 0.840. The van der Waals surface area contributed by atoms with E-state index in [4.69, 9.17) is 0 Å². The molecular weight excluding hydrogens is 262 g/mol. The Morgan fingerprint density at radius 1 is 0.900 bits per heavy atom. The average Bonchev–Trinajstić information content (AvgIpc) is 2.48. The highest BCUT2D eigenvalue weighted by Crippen LogP contribution is 2.22. The Balaban J connectivity index is 1.69. The van der Waals surface area contributed by atoms with Gasteiger partial charge in [0.25, 0.3) is 0 Å². The molecule has 1 aromatic carbocycles. The molecule has 1 aromatic heterocycles. The predicted molar refractivity (Wildman–Crippen MR) is 72.8 cm³/mol. The van der Waals surface area contributed by atoms with E-state index >= 15 is 0 Å². The molecule has 0 aliphatic carbocycles. The van der Waals surface area contributed by atoms with E-state index in [1.165, 1.54) is 12.1 Å². The number of nitrogens with zero attached hydrogens (tertiary/aromatic N) is 4. The second kappa shape index (κ2) is 5.40. The van der Waals surface area contributed by atoms with Gasteiger partial charge in [-0.15, -0.1) is 0 Å². The van der Waals surface area contributed by atoms with Gasteiger partial charge in [0.05, 0.1) is 5.69 Å². The third-order valence-electron chi connectivity index (χ3n) is 3.37. The molecule has 20 heavy (non-hydrogen) atoms. The number of halogens is 2. The smallest absolute Gasteiger partial charge is 0.225 e. The summed E-state index contributed by atoms with van der Waals surface area (Å²) >= 11 is 0. The molecule has 2 heterocycles. The number of hydrogen-bond donors (Lipinski definition) is 0. The van der Waals surface area contributed by atoms with E-state index in [2.05, 4.69) is 14.9 Å². The number of hydrogen-bond acceptors (Lipinski definition) is 4. The summed E-state index contributed by atoms with van der Waals surface area (Å²) in [6.07, 6.45) is 3.41. The molecule has 0 radical (unpaired) electrons. The normalized spacial score (nSPS) is 15.5. The molecule has 6 heteroatoms. The average molecular weight is 276 g/mol. The summed E-state index contributed by atoms with van der Waals surface area (Å²) in [5.41, 5.74) is 0.444. The van der Waals surface area contributed by atoms with E-state index in [0.29, 0.717) is 37.8 Å². The van der Waals surface area contributed by atoms with Crippen LogP contribution in [0.15, 0.2) is 36.7 Å². The number of benzene rings is 1. The molecule has 2 aromatic rings. The van der Waals surface area contributed by atoms with Crippen molar-refractivity contribution in [3.05, 3.63) is 48.3 Å². The molecule has 1 saturated heterocycles. The van der Waals surface area contributed by atoms with Gasteiger partial charge in [-0.3, -0.25) is 0 Å². The van der Waals surface area contributed by atoms with E-state index in [0.717, 1.165) is 6.07 Å². The Hall–Kier alpha value is -2.24. The van der Waals surface area contributed by atoms with Crippen molar-refractivity contribution in [1.82, 2.24) is 9.97 Å². The Morgan fingerprint density at radius 2 is 1.55 bits per heavy atom. The molecule has 1 fully saturated rings. The van der Waals surface area contributed by atoms with Gasteiger partial charge in [0.15, 0.2) is 0 Å². The lowest BCUT2D eigenvalue weighted by molar-refractivity contribution is 0.569. The highest BCUT2D eigenvalue weighted by atomic mass is 19.1. The van der Waals surface area contributed by atoms with Crippen molar-refractivity contribution >= 4 is 11.6 Å². The van der Waals surface area contributed by atoms with Crippen molar-refractivity contribution in [1.29, 1.82) is 0 Å². The third kappa shape index (κ3) is 2.54. The van der Waals surface area contributed by atoms with Crippen LogP contribution in [0.5, 0.6) is 0 Å². The van der Waals surface area contributed by atoms with Crippen LogP contribution in [-0.2, 0) is 0 Å². The van der Waals surface area contributed by atoms with Crippen molar-refractivity contribution in [2.45, 2.75) is 0 Å². The van der Waals surface area contributed by atoms with Gasteiger partial charge in [-0.1, -0.05) is 0 Å². The molecule has 0 bridgehead atoms. The summed E-state index contributed by atoms with van der Waals surface area (Å²) < 4.78 is 26.6. The van der Waals surface area contributed by atoms with E-state index in [1.54, 1.807) is 18.5 Å². The van der Waals surface area contributed by atoms with Gasteiger partial charge in [0.2, 0.25) is 5.95 Å². The summed E-state index contributed by atoms with van der Waals surface area (Å²) in [5.74, 6) is -0.385. The van der Waals surface area contributed by atoms with Crippen LogP contribution in [0.25, 0.3) is 0 Å². The van der Waals surface area contributed by atoms with E-state index in [1.807, 2.05) is 4.90 Å². The van der Waals surface area contributed by atoms with Crippen LogP contribution in [0.4, 0.5) is 20.4 Å². The van der Waals surface area contributed by atoms with Gasteiger partial charge >= 0.3 is 0 Å². The van der Waals surface area contributed by atoms with Gasteiger partial charge in [0.1, 0.15) is 11.6 Å². The zero-order chi connectivity index (χ0) is 13.9. The molecule has 1 aliphatic heterocycles. The Kier molecular flexibility index (Phi) is 3.45. The molecule has 3 rings (SSSR count). The molecule has 1 aliphatic rings. The predicted octanol–water partition coefficient (Wildman–Crippen LogP) is 2.08. The van der Waals surface area contributed by atoms with Crippen LogP contribution in [0, 0.1) is 11.6 Å². The fraction of sp³-hybridized carbons (Fsp3) is 0.286. The minimum atomic E-state index is -0.553. The minimum absolute atomic E-state index is 0.444. The summed E-state index contributed by atoms with van der Waals surface area (Å²) in [5, 5.41) is 0. The standard InChI is InChI=1S/C14H14F2N4/c15-11-2-3-13(12(16)10-11)19-6-8-20(9-7-19)14-17-4-1-5-18-14/h1-5,10H,6-9H2.